The summed E-state index contributed by atoms with van der Waals surface area (Å²) in [5.41, 5.74) is 2.42. The maximum Gasteiger partial charge on any atom is 0.223 e. The number of benzene rings is 2. The second-order valence-corrected chi connectivity index (χ2v) is 6.26. The Morgan fingerprint density at radius 3 is 1.79 bits per heavy atom. The van der Waals surface area contributed by atoms with Gasteiger partial charge in [-0.1, -0.05) is 60.7 Å². The zero-order chi connectivity index (χ0) is 16.1. The first-order valence-electron chi connectivity index (χ1n) is 8.30. The summed E-state index contributed by atoms with van der Waals surface area (Å²) in [6, 6.07) is 20.7. The lowest BCUT2D eigenvalue weighted by Crippen LogP contribution is -2.47. The number of carbonyl (C=O) groups excluding carboxylic acids is 1. The van der Waals surface area contributed by atoms with E-state index in [9.17, 15) is 4.79 Å². The number of likely N-dealkylation sites (N-methyl/N-ethyl adjacent to an activating group) is 1. The Morgan fingerprint density at radius 2 is 1.33 bits per heavy atom. The Hall–Kier alpha value is -1.84. The monoisotopic (exact) mass is 344 g/mol. The van der Waals surface area contributed by atoms with Crippen LogP contribution in [0, 0.1) is 0 Å². The van der Waals surface area contributed by atoms with Gasteiger partial charge >= 0.3 is 0 Å². The molecule has 24 heavy (non-hydrogen) atoms. The van der Waals surface area contributed by atoms with Crippen LogP contribution in [0.5, 0.6) is 0 Å². The molecule has 2 aromatic carbocycles. The molecule has 0 aromatic heterocycles. The van der Waals surface area contributed by atoms with Gasteiger partial charge in [-0.05, 0) is 18.2 Å². The molecular formula is C20H25ClN2O. The van der Waals surface area contributed by atoms with Crippen LogP contribution in [0.15, 0.2) is 60.7 Å². The van der Waals surface area contributed by atoms with Crippen molar-refractivity contribution in [3.8, 4) is 0 Å². The topological polar surface area (TPSA) is 23.6 Å². The van der Waals surface area contributed by atoms with Crippen LogP contribution in [-0.2, 0) is 4.79 Å². The third-order valence-electron chi connectivity index (χ3n) is 4.64. The summed E-state index contributed by atoms with van der Waals surface area (Å²) in [5.74, 6) is 0.389. The van der Waals surface area contributed by atoms with Gasteiger partial charge in [-0.2, -0.15) is 0 Å². The number of hydrogen-bond acceptors (Lipinski definition) is 2. The molecule has 0 spiro atoms. The fourth-order valence-electron chi connectivity index (χ4n) is 3.16. The molecule has 1 aliphatic heterocycles. The summed E-state index contributed by atoms with van der Waals surface area (Å²) < 4.78 is 0. The molecule has 0 radical (unpaired) electrons. The summed E-state index contributed by atoms with van der Waals surface area (Å²) in [5, 5.41) is 0. The lowest BCUT2D eigenvalue weighted by Gasteiger charge is -2.33. The van der Waals surface area contributed by atoms with Crippen LogP contribution in [0.3, 0.4) is 0 Å². The maximum atomic E-state index is 12.8. The van der Waals surface area contributed by atoms with E-state index in [1.807, 2.05) is 41.3 Å². The highest BCUT2D eigenvalue weighted by Crippen LogP contribution is 2.28. The molecule has 3 rings (SSSR count). The highest BCUT2D eigenvalue weighted by atomic mass is 35.5. The smallest absolute Gasteiger partial charge is 0.223 e. The molecule has 1 aliphatic rings. The van der Waals surface area contributed by atoms with E-state index in [2.05, 4.69) is 36.2 Å². The second kappa shape index (κ2) is 8.86. The van der Waals surface area contributed by atoms with Crippen molar-refractivity contribution in [3.63, 3.8) is 0 Å². The molecule has 1 amide bonds. The number of nitrogens with zero attached hydrogens (tertiary/aromatic N) is 2. The molecule has 0 aliphatic carbocycles. The quantitative estimate of drug-likeness (QED) is 0.848. The molecule has 0 bridgehead atoms. The van der Waals surface area contributed by atoms with Crippen molar-refractivity contribution >= 4 is 18.3 Å². The Labute approximate surface area is 150 Å². The van der Waals surface area contributed by atoms with E-state index in [0.29, 0.717) is 6.42 Å². The number of rotatable bonds is 4. The van der Waals surface area contributed by atoms with E-state index in [1.165, 1.54) is 11.1 Å². The van der Waals surface area contributed by atoms with Crippen LogP contribution < -0.4 is 0 Å². The van der Waals surface area contributed by atoms with Crippen LogP contribution in [0.2, 0.25) is 0 Å². The number of carbonyl (C=O) groups is 1. The Bertz CT molecular complexity index is 585. The third-order valence-corrected chi connectivity index (χ3v) is 4.64. The SMILES string of the molecule is CN1CCN(C(=O)CC(c2ccccc2)c2ccccc2)CC1.Cl. The number of amides is 1. The molecule has 0 N–H and O–H groups in total. The highest BCUT2D eigenvalue weighted by molar-refractivity contribution is 5.85. The average molecular weight is 345 g/mol. The Balaban J connectivity index is 0.00000208. The van der Waals surface area contributed by atoms with Crippen molar-refractivity contribution in [1.82, 2.24) is 9.80 Å². The molecule has 1 heterocycles. The molecule has 2 aromatic rings. The molecule has 128 valence electrons. The van der Waals surface area contributed by atoms with E-state index in [0.717, 1.165) is 26.2 Å². The van der Waals surface area contributed by atoms with Gasteiger partial charge in [0.15, 0.2) is 0 Å². The normalized spacial score (nSPS) is 15.2. The van der Waals surface area contributed by atoms with Crippen LogP contribution in [0.1, 0.15) is 23.5 Å². The summed E-state index contributed by atoms with van der Waals surface area (Å²) in [6.45, 7) is 3.61. The lowest BCUT2D eigenvalue weighted by atomic mass is 9.88. The van der Waals surface area contributed by atoms with Gasteiger partial charge in [-0.25, -0.2) is 0 Å². The van der Waals surface area contributed by atoms with Crippen LogP contribution >= 0.6 is 12.4 Å². The van der Waals surface area contributed by atoms with Crippen molar-refractivity contribution in [1.29, 1.82) is 0 Å². The van der Waals surface area contributed by atoms with Crippen molar-refractivity contribution < 1.29 is 4.79 Å². The standard InChI is InChI=1S/C20H24N2O.ClH/c1-21-12-14-22(15-13-21)20(23)16-19(17-8-4-2-5-9-17)18-10-6-3-7-11-18;/h2-11,19H,12-16H2,1H3;1H. The number of piperazine rings is 1. The highest BCUT2D eigenvalue weighted by Gasteiger charge is 2.24. The molecule has 3 nitrogen and oxygen atoms in total. The first kappa shape index (κ1) is 18.5. The predicted molar refractivity (Wildman–Crippen MR) is 101 cm³/mol. The van der Waals surface area contributed by atoms with Gasteiger partial charge in [0.2, 0.25) is 5.91 Å². The molecule has 0 atom stereocenters. The van der Waals surface area contributed by atoms with Gasteiger partial charge in [0.1, 0.15) is 0 Å². The lowest BCUT2D eigenvalue weighted by molar-refractivity contribution is -0.133. The summed E-state index contributed by atoms with van der Waals surface area (Å²) in [6.07, 6.45) is 0.539. The van der Waals surface area contributed by atoms with Gasteiger partial charge < -0.3 is 9.80 Å². The van der Waals surface area contributed by atoms with Gasteiger partial charge in [0, 0.05) is 38.5 Å². The molecule has 0 saturated carbocycles. The third kappa shape index (κ3) is 4.59. The van der Waals surface area contributed by atoms with Crippen molar-refractivity contribution in [2.45, 2.75) is 12.3 Å². The van der Waals surface area contributed by atoms with E-state index >= 15 is 0 Å². The molecular weight excluding hydrogens is 320 g/mol. The summed E-state index contributed by atoms with van der Waals surface area (Å²) in [4.78, 5) is 17.1. The van der Waals surface area contributed by atoms with E-state index < -0.39 is 0 Å². The van der Waals surface area contributed by atoms with Crippen LogP contribution in [0.25, 0.3) is 0 Å². The molecule has 4 heteroatoms. The molecule has 0 unspecified atom stereocenters. The fourth-order valence-corrected chi connectivity index (χ4v) is 3.16. The largest absolute Gasteiger partial charge is 0.340 e. The number of hydrogen-bond donors (Lipinski definition) is 0. The molecule has 1 saturated heterocycles. The van der Waals surface area contributed by atoms with Gasteiger partial charge in [-0.15, -0.1) is 12.4 Å². The predicted octanol–water partition coefficient (Wildman–Crippen LogP) is 3.40. The average Bonchev–Trinajstić information content (AvgIpc) is 2.61. The zero-order valence-electron chi connectivity index (χ0n) is 14.1. The van der Waals surface area contributed by atoms with Gasteiger partial charge in [0.25, 0.3) is 0 Å². The number of halogens is 1. The zero-order valence-corrected chi connectivity index (χ0v) is 14.9. The second-order valence-electron chi connectivity index (χ2n) is 6.26. The van der Waals surface area contributed by atoms with Crippen molar-refractivity contribution in [2.24, 2.45) is 0 Å². The molecule has 1 fully saturated rings. The van der Waals surface area contributed by atoms with Crippen molar-refractivity contribution in [3.05, 3.63) is 71.8 Å². The van der Waals surface area contributed by atoms with Crippen LogP contribution in [0.4, 0.5) is 0 Å². The summed E-state index contributed by atoms with van der Waals surface area (Å²) in [7, 11) is 2.11. The van der Waals surface area contributed by atoms with Crippen LogP contribution in [-0.4, -0.2) is 48.9 Å². The first-order valence-corrected chi connectivity index (χ1v) is 8.30. The Morgan fingerprint density at radius 1 is 0.875 bits per heavy atom. The van der Waals surface area contributed by atoms with E-state index in [4.69, 9.17) is 0 Å². The van der Waals surface area contributed by atoms with Gasteiger partial charge in [0.05, 0.1) is 0 Å². The minimum absolute atomic E-state index is 0. The first-order chi connectivity index (χ1) is 11.2. The maximum absolute atomic E-state index is 12.8. The Kier molecular flexibility index (Phi) is 6.83. The minimum atomic E-state index is 0. The fraction of sp³-hybridized carbons (Fsp3) is 0.350. The van der Waals surface area contributed by atoms with Gasteiger partial charge in [-0.3, -0.25) is 4.79 Å². The van der Waals surface area contributed by atoms with E-state index in [1.54, 1.807) is 0 Å². The minimum Gasteiger partial charge on any atom is -0.340 e. The van der Waals surface area contributed by atoms with Crippen molar-refractivity contribution in [2.75, 3.05) is 33.2 Å². The van der Waals surface area contributed by atoms with E-state index in [-0.39, 0.29) is 24.2 Å². The summed E-state index contributed by atoms with van der Waals surface area (Å²) >= 11 is 0.